The number of nitrogens with zero attached hydrogens (tertiary/aromatic N) is 1. The van der Waals surface area contributed by atoms with Gasteiger partial charge in [-0.25, -0.2) is 13.1 Å². The Labute approximate surface area is 65.3 Å². The largest absolute Gasteiger partial charge is 0.263 e. The summed E-state index contributed by atoms with van der Waals surface area (Å²) in [6.07, 6.45) is 2.82. The normalized spacial score (nSPS) is 11.4. The van der Waals surface area contributed by atoms with Crippen LogP contribution in [0.25, 0.3) is 0 Å². The highest BCUT2D eigenvalue weighted by Crippen LogP contribution is 2.03. The van der Waals surface area contributed by atoms with Gasteiger partial charge < -0.3 is 0 Å². The molecule has 0 saturated heterocycles. The maximum atomic E-state index is 11.0. The van der Waals surface area contributed by atoms with E-state index in [1.54, 1.807) is 6.07 Å². The van der Waals surface area contributed by atoms with E-state index in [1.807, 2.05) is 0 Å². The summed E-state index contributed by atoms with van der Waals surface area (Å²) in [5.74, 6) is 0. The number of hydrogen-bond donors (Lipinski definition) is 1. The maximum Gasteiger partial charge on any atom is 0.241 e. The Hall–Kier alpha value is -0.940. The predicted octanol–water partition coefficient (Wildman–Crippen LogP) is -0.0103. The van der Waals surface area contributed by atoms with E-state index in [2.05, 4.69) is 9.71 Å². The van der Waals surface area contributed by atoms with E-state index in [9.17, 15) is 8.42 Å². The molecule has 0 aromatic carbocycles. The van der Waals surface area contributed by atoms with Gasteiger partial charge >= 0.3 is 0 Å². The van der Waals surface area contributed by atoms with Crippen LogP contribution in [-0.2, 0) is 10.0 Å². The molecular formula is C6H8N2O2S. The lowest BCUT2D eigenvalue weighted by molar-refractivity contribution is 0.588. The molecule has 0 spiro atoms. The fraction of sp³-hybridized carbons (Fsp3) is 0.167. The summed E-state index contributed by atoms with van der Waals surface area (Å²) in [6, 6.07) is 3.06. The molecule has 1 heterocycles. The van der Waals surface area contributed by atoms with Gasteiger partial charge in [-0.15, -0.1) is 0 Å². The van der Waals surface area contributed by atoms with Crippen LogP contribution < -0.4 is 4.72 Å². The van der Waals surface area contributed by atoms with E-state index in [4.69, 9.17) is 0 Å². The van der Waals surface area contributed by atoms with Gasteiger partial charge in [-0.1, -0.05) is 0 Å². The third-order valence-electron chi connectivity index (χ3n) is 1.21. The van der Waals surface area contributed by atoms with Gasteiger partial charge in [0.05, 0.1) is 0 Å². The third-order valence-corrected chi connectivity index (χ3v) is 2.61. The molecular weight excluding hydrogens is 164 g/mol. The lowest BCUT2D eigenvalue weighted by Crippen LogP contribution is -2.18. The second kappa shape index (κ2) is 2.98. The van der Waals surface area contributed by atoms with E-state index in [0.717, 1.165) is 0 Å². The molecule has 1 N–H and O–H groups in total. The molecule has 11 heavy (non-hydrogen) atoms. The van der Waals surface area contributed by atoms with Crippen LogP contribution in [-0.4, -0.2) is 20.4 Å². The Kier molecular flexibility index (Phi) is 2.21. The van der Waals surface area contributed by atoms with Crippen molar-refractivity contribution in [1.29, 1.82) is 0 Å². The van der Waals surface area contributed by atoms with Crippen molar-refractivity contribution in [1.82, 2.24) is 9.71 Å². The standard InChI is InChI=1S/C6H8N2O2S/c1-7-11(9,10)6-3-2-4-8-5-6/h2-5,7H,1H3. The number of aromatic nitrogens is 1. The van der Waals surface area contributed by atoms with Crippen LogP contribution in [0.2, 0.25) is 0 Å². The zero-order valence-corrected chi connectivity index (χ0v) is 6.80. The first kappa shape index (κ1) is 8.16. The van der Waals surface area contributed by atoms with Gasteiger partial charge in [0.25, 0.3) is 0 Å². The van der Waals surface area contributed by atoms with Crippen molar-refractivity contribution >= 4 is 10.0 Å². The molecule has 0 aliphatic heterocycles. The molecule has 0 aliphatic rings. The van der Waals surface area contributed by atoms with E-state index < -0.39 is 10.0 Å². The summed E-state index contributed by atoms with van der Waals surface area (Å²) in [5.41, 5.74) is 0. The highest BCUT2D eigenvalue weighted by Gasteiger charge is 2.09. The quantitative estimate of drug-likeness (QED) is 0.682. The first-order valence-electron chi connectivity index (χ1n) is 3.00. The fourth-order valence-corrected chi connectivity index (χ4v) is 1.32. The summed E-state index contributed by atoms with van der Waals surface area (Å²) in [4.78, 5) is 3.86. The van der Waals surface area contributed by atoms with Gasteiger partial charge in [0, 0.05) is 12.4 Å². The first-order chi connectivity index (χ1) is 5.17. The average Bonchev–Trinajstić information content (AvgIpc) is 2.06. The van der Waals surface area contributed by atoms with Crippen molar-refractivity contribution in [3.8, 4) is 0 Å². The molecule has 0 unspecified atom stereocenters. The molecule has 0 radical (unpaired) electrons. The van der Waals surface area contributed by atoms with Crippen LogP contribution in [0.15, 0.2) is 29.4 Å². The van der Waals surface area contributed by atoms with Crippen LogP contribution in [0.5, 0.6) is 0 Å². The second-order valence-corrected chi connectivity index (χ2v) is 3.78. The molecule has 1 aromatic rings. The molecule has 5 heteroatoms. The molecule has 4 nitrogen and oxygen atoms in total. The Morgan fingerprint density at radius 3 is 2.73 bits per heavy atom. The first-order valence-corrected chi connectivity index (χ1v) is 4.49. The van der Waals surface area contributed by atoms with Gasteiger partial charge in [-0.3, -0.25) is 4.98 Å². The summed E-state index contributed by atoms with van der Waals surface area (Å²) >= 11 is 0. The molecule has 60 valence electrons. The van der Waals surface area contributed by atoms with Crippen molar-refractivity contribution in [3.05, 3.63) is 24.5 Å². The Bertz CT molecular complexity index is 320. The van der Waals surface area contributed by atoms with E-state index in [1.165, 1.54) is 25.5 Å². The lowest BCUT2D eigenvalue weighted by atomic mass is 10.5. The van der Waals surface area contributed by atoms with Crippen molar-refractivity contribution < 1.29 is 8.42 Å². The highest BCUT2D eigenvalue weighted by atomic mass is 32.2. The number of pyridine rings is 1. The summed E-state index contributed by atoms with van der Waals surface area (Å²) in [6.45, 7) is 0. The third kappa shape index (κ3) is 1.75. The van der Waals surface area contributed by atoms with Crippen LogP contribution in [0, 0.1) is 0 Å². The number of sulfonamides is 1. The van der Waals surface area contributed by atoms with Crippen molar-refractivity contribution in [2.24, 2.45) is 0 Å². The predicted molar refractivity (Wildman–Crippen MR) is 40.5 cm³/mol. The van der Waals surface area contributed by atoms with Crippen LogP contribution in [0.4, 0.5) is 0 Å². The SMILES string of the molecule is CNS(=O)(=O)c1cccnc1. The molecule has 0 amide bonds. The molecule has 1 rings (SSSR count). The minimum Gasteiger partial charge on any atom is -0.263 e. The summed E-state index contributed by atoms with van der Waals surface area (Å²) < 4.78 is 24.3. The molecule has 0 atom stereocenters. The van der Waals surface area contributed by atoms with Crippen LogP contribution in [0.3, 0.4) is 0 Å². The van der Waals surface area contributed by atoms with Gasteiger partial charge in [0.2, 0.25) is 10.0 Å². The van der Waals surface area contributed by atoms with Crippen LogP contribution in [0.1, 0.15) is 0 Å². The molecule has 0 aliphatic carbocycles. The van der Waals surface area contributed by atoms with Gasteiger partial charge in [0.15, 0.2) is 0 Å². The van der Waals surface area contributed by atoms with Gasteiger partial charge in [-0.2, -0.15) is 0 Å². The summed E-state index contributed by atoms with van der Waals surface area (Å²) in [5, 5.41) is 0. The molecule has 1 aromatic heterocycles. The molecule has 0 bridgehead atoms. The summed E-state index contributed by atoms with van der Waals surface area (Å²) in [7, 11) is -1.95. The smallest absolute Gasteiger partial charge is 0.241 e. The van der Waals surface area contributed by atoms with Gasteiger partial charge in [-0.05, 0) is 19.2 Å². The maximum absolute atomic E-state index is 11.0. The Morgan fingerprint density at radius 2 is 2.27 bits per heavy atom. The highest BCUT2D eigenvalue weighted by molar-refractivity contribution is 7.89. The number of nitrogens with one attached hydrogen (secondary N) is 1. The fourth-order valence-electron chi connectivity index (χ4n) is 0.624. The Balaban J connectivity index is 3.14. The minimum absolute atomic E-state index is 0.183. The second-order valence-electron chi connectivity index (χ2n) is 1.90. The Morgan fingerprint density at radius 1 is 1.55 bits per heavy atom. The van der Waals surface area contributed by atoms with Crippen molar-refractivity contribution in [2.45, 2.75) is 4.90 Å². The van der Waals surface area contributed by atoms with Crippen molar-refractivity contribution in [3.63, 3.8) is 0 Å². The number of hydrogen-bond acceptors (Lipinski definition) is 3. The van der Waals surface area contributed by atoms with E-state index >= 15 is 0 Å². The molecule has 0 saturated carbocycles. The monoisotopic (exact) mass is 172 g/mol. The lowest BCUT2D eigenvalue weighted by Gasteiger charge is -1.98. The van der Waals surface area contributed by atoms with Crippen LogP contribution >= 0.6 is 0 Å². The van der Waals surface area contributed by atoms with E-state index in [0.29, 0.717) is 0 Å². The van der Waals surface area contributed by atoms with E-state index in [-0.39, 0.29) is 4.90 Å². The number of rotatable bonds is 2. The zero-order chi connectivity index (χ0) is 8.32. The minimum atomic E-state index is -3.31. The zero-order valence-electron chi connectivity index (χ0n) is 5.98. The average molecular weight is 172 g/mol. The van der Waals surface area contributed by atoms with Gasteiger partial charge in [0.1, 0.15) is 4.90 Å². The topological polar surface area (TPSA) is 59.1 Å². The van der Waals surface area contributed by atoms with Crippen molar-refractivity contribution in [2.75, 3.05) is 7.05 Å². The molecule has 0 fully saturated rings.